The first kappa shape index (κ1) is 19.6. The van der Waals surface area contributed by atoms with Crippen molar-refractivity contribution in [2.75, 3.05) is 49.1 Å². The van der Waals surface area contributed by atoms with Crippen molar-refractivity contribution in [1.82, 2.24) is 9.88 Å². The molecular weight excluding hydrogens is 390 g/mol. The molecule has 0 radical (unpaired) electrons. The molecule has 1 aromatic carbocycles. The molecule has 154 valence electrons. The van der Waals surface area contributed by atoms with Gasteiger partial charge in [-0.2, -0.15) is 0 Å². The average Bonchev–Trinajstić information content (AvgIpc) is 3.28. The van der Waals surface area contributed by atoms with Gasteiger partial charge < -0.3 is 14.7 Å². The Morgan fingerprint density at radius 1 is 1.14 bits per heavy atom. The first-order valence-electron chi connectivity index (χ1n) is 10.00. The number of anilines is 2. The van der Waals surface area contributed by atoms with Gasteiger partial charge in [0, 0.05) is 63.0 Å². The van der Waals surface area contributed by atoms with Crippen molar-refractivity contribution in [2.24, 2.45) is 5.92 Å². The maximum absolute atomic E-state index is 13.3. The summed E-state index contributed by atoms with van der Waals surface area (Å²) in [6.07, 6.45) is 3.92. The Kier molecular flexibility index (Phi) is 5.66. The van der Waals surface area contributed by atoms with Gasteiger partial charge >= 0.3 is 0 Å². The van der Waals surface area contributed by atoms with E-state index in [4.69, 9.17) is 0 Å². The van der Waals surface area contributed by atoms with Crippen molar-refractivity contribution < 1.29 is 9.72 Å². The van der Waals surface area contributed by atoms with Crippen molar-refractivity contribution >= 4 is 33.8 Å². The Hall–Kier alpha value is -2.68. The number of rotatable bonds is 4. The normalized spacial score (nSPS) is 18.2. The van der Waals surface area contributed by atoms with Crippen LogP contribution in [0.1, 0.15) is 30.1 Å². The second-order valence-electron chi connectivity index (χ2n) is 7.72. The molecule has 2 aromatic rings. The smallest absolute Gasteiger partial charge is 0.270 e. The van der Waals surface area contributed by atoms with Gasteiger partial charge in [0.25, 0.3) is 11.6 Å². The molecule has 2 fully saturated rings. The number of aromatic nitrogens is 1. The van der Waals surface area contributed by atoms with E-state index in [0.29, 0.717) is 37.7 Å². The third-order valence-electron chi connectivity index (χ3n) is 5.80. The quantitative estimate of drug-likeness (QED) is 0.563. The zero-order chi connectivity index (χ0) is 20.4. The Morgan fingerprint density at radius 3 is 2.48 bits per heavy atom. The van der Waals surface area contributed by atoms with E-state index in [2.05, 4.69) is 21.7 Å². The van der Waals surface area contributed by atoms with E-state index in [0.717, 1.165) is 36.8 Å². The van der Waals surface area contributed by atoms with Gasteiger partial charge in [-0.15, -0.1) is 11.3 Å². The highest BCUT2D eigenvalue weighted by Gasteiger charge is 2.28. The Labute approximate surface area is 173 Å². The lowest BCUT2D eigenvalue weighted by molar-refractivity contribution is -0.384. The molecule has 9 heteroatoms. The molecule has 0 atom stereocenters. The highest BCUT2D eigenvalue weighted by atomic mass is 32.1. The van der Waals surface area contributed by atoms with Gasteiger partial charge in [-0.25, -0.2) is 4.98 Å². The van der Waals surface area contributed by atoms with E-state index in [9.17, 15) is 14.9 Å². The number of nitro benzene ring substituents is 1. The third kappa shape index (κ3) is 4.19. The maximum Gasteiger partial charge on any atom is 0.270 e. The number of hydrogen-bond donors (Lipinski definition) is 0. The Bertz CT molecular complexity index is 872. The molecule has 4 rings (SSSR count). The van der Waals surface area contributed by atoms with E-state index in [-0.39, 0.29) is 11.6 Å². The number of hydrogen-bond acceptors (Lipinski definition) is 7. The minimum Gasteiger partial charge on any atom is -0.371 e. The van der Waals surface area contributed by atoms with Crippen LogP contribution in [0, 0.1) is 16.0 Å². The van der Waals surface area contributed by atoms with Crippen molar-refractivity contribution in [2.45, 2.75) is 19.8 Å². The van der Waals surface area contributed by atoms with Gasteiger partial charge in [0.1, 0.15) is 0 Å². The lowest BCUT2D eigenvalue weighted by Gasteiger charge is -2.36. The molecule has 1 aromatic heterocycles. The SMILES string of the molecule is CC1CCN(c2ccc([N+](=O)[O-])cc2C(=O)N2CCN(c3nccs3)CC2)CC1. The van der Waals surface area contributed by atoms with Crippen LogP contribution in [0.15, 0.2) is 29.8 Å². The van der Waals surface area contributed by atoms with Crippen LogP contribution in [0.2, 0.25) is 0 Å². The summed E-state index contributed by atoms with van der Waals surface area (Å²) in [6.45, 7) is 6.57. The largest absolute Gasteiger partial charge is 0.371 e. The standard InChI is InChI=1S/C20H25N5O3S/c1-15-4-7-22(8-5-15)18-3-2-16(25(27)28)14-17(18)19(26)23-9-11-24(12-10-23)20-21-6-13-29-20/h2-3,6,13-15H,4-5,7-12H2,1H3. The lowest BCUT2D eigenvalue weighted by Crippen LogP contribution is -2.49. The maximum atomic E-state index is 13.3. The molecular formula is C20H25N5O3S. The number of carbonyl (C=O) groups is 1. The van der Waals surface area contributed by atoms with Crippen LogP contribution in [0.25, 0.3) is 0 Å². The minimum absolute atomic E-state index is 0.0381. The first-order valence-corrected chi connectivity index (χ1v) is 10.9. The number of amides is 1. The van der Waals surface area contributed by atoms with Crippen LogP contribution in [0.5, 0.6) is 0 Å². The summed E-state index contributed by atoms with van der Waals surface area (Å²) in [7, 11) is 0. The lowest BCUT2D eigenvalue weighted by atomic mass is 9.97. The van der Waals surface area contributed by atoms with Crippen molar-refractivity contribution in [3.8, 4) is 0 Å². The summed E-state index contributed by atoms with van der Waals surface area (Å²) in [4.78, 5) is 34.7. The Balaban J connectivity index is 1.54. The van der Waals surface area contributed by atoms with Gasteiger partial charge in [-0.3, -0.25) is 14.9 Å². The van der Waals surface area contributed by atoms with Crippen LogP contribution in [-0.2, 0) is 0 Å². The molecule has 1 amide bonds. The Morgan fingerprint density at radius 2 is 1.86 bits per heavy atom. The van der Waals surface area contributed by atoms with Crippen molar-refractivity contribution in [3.63, 3.8) is 0 Å². The molecule has 3 heterocycles. The van der Waals surface area contributed by atoms with Gasteiger partial charge in [0.15, 0.2) is 5.13 Å². The predicted molar refractivity (Wildman–Crippen MR) is 114 cm³/mol. The van der Waals surface area contributed by atoms with Crippen LogP contribution in [0.3, 0.4) is 0 Å². The number of thiazole rings is 1. The highest BCUT2D eigenvalue weighted by Crippen LogP contribution is 2.31. The van der Waals surface area contributed by atoms with Crippen LogP contribution in [-0.4, -0.2) is 60.0 Å². The second-order valence-corrected chi connectivity index (χ2v) is 8.60. The molecule has 0 bridgehead atoms. The van der Waals surface area contributed by atoms with Gasteiger partial charge in [0.2, 0.25) is 0 Å². The number of piperidine rings is 1. The van der Waals surface area contributed by atoms with Gasteiger partial charge in [-0.1, -0.05) is 6.92 Å². The van der Waals surface area contributed by atoms with Crippen LogP contribution < -0.4 is 9.80 Å². The monoisotopic (exact) mass is 415 g/mol. The van der Waals surface area contributed by atoms with Gasteiger partial charge in [-0.05, 0) is 24.8 Å². The molecule has 8 nitrogen and oxygen atoms in total. The van der Waals surface area contributed by atoms with E-state index >= 15 is 0 Å². The predicted octanol–water partition coefficient (Wildman–Crippen LogP) is 3.25. The molecule has 0 unspecified atom stereocenters. The van der Waals surface area contributed by atoms with Crippen LogP contribution >= 0.6 is 11.3 Å². The van der Waals surface area contributed by atoms with E-state index in [1.165, 1.54) is 12.1 Å². The zero-order valence-electron chi connectivity index (χ0n) is 16.5. The van der Waals surface area contributed by atoms with E-state index in [1.54, 1.807) is 28.5 Å². The number of non-ortho nitro benzene ring substituents is 1. The summed E-state index contributed by atoms with van der Waals surface area (Å²) < 4.78 is 0. The number of carbonyl (C=O) groups excluding carboxylic acids is 1. The molecule has 2 aliphatic heterocycles. The molecule has 29 heavy (non-hydrogen) atoms. The number of benzene rings is 1. The van der Waals surface area contributed by atoms with Crippen molar-refractivity contribution in [1.29, 1.82) is 0 Å². The molecule has 0 spiro atoms. The second kappa shape index (κ2) is 8.36. The number of piperazine rings is 1. The fraction of sp³-hybridized carbons (Fsp3) is 0.500. The number of nitrogens with zero attached hydrogens (tertiary/aromatic N) is 5. The topological polar surface area (TPSA) is 82.8 Å². The summed E-state index contributed by atoms with van der Waals surface area (Å²) in [6, 6.07) is 4.70. The van der Waals surface area contributed by atoms with Gasteiger partial charge in [0.05, 0.1) is 16.2 Å². The highest BCUT2D eigenvalue weighted by molar-refractivity contribution is 7.13. The molecule has 0 aliphatic carbocycles. The molecule has 0 N–H and O–H groups in total. The van der Waals surface area contributed by atoms with E-state index < -0.39 is 4.92 Å². The third-order valence-corrected chi connectivity index (χ3v) is 6.63. The summed E-state index contributed by atoms with van der Waals surface area (Å²) in [5.74, 6) is 0.545. The van der Waals surface area contributed by atoms with Crippen molar-refractivity contribution in [3.05, 3.63) is 45.5 Å². The first-order chi connectivity index (χ1) is 14.0. The summed E-state index contributed by atoms with van der Waals surface area (Å²) >= 11 is 1.59. The van der Waals surface area contributed by atoms with E-state index in [1.807, 2.05) is 5.38 Å². The number of nitro groups is 1. The molecule has 2 aliphatic rings. The van der Waals surface area contributed by atoms with Crippen LogP contribution in [0.4, 0.5) is 16.5 Å². The summed E-state index contributed by atoms with van der Waals surface area (Å²) in [5, 5.41) is 14.2. The zero-order valence-corrected chi connectivity index (χ0v) is 17.3. The molecule has 2 saturated heterocycles. The average molecular weight is 416 g/mol. The summed E-state index contributed by atoms with van der Waals surface area (Å²) in [5.41, 5.74) is 1.22. The molecule has 0 saturated carbocycles. The fourth-order valence-electron chi connectivity index (χ4n) is 3.98. The minimum atomic E-state index is -0.431. The fourth-order valence-corrected chi connectivity index (χ4v) is 4.67.